The maximum Gasteiger partial charge on any atom is 0.240 e. The Kier molecular flexibility index (Phi) is 4.93. The smallest absolute Gasteiger partial charge is 0.240 e. The molecule has 2 atom stereocenters. The van der Waals surface area contributed by atoms with Gasteiger partial charge in [0.05, 0.1) is 10.9 Å². The molecule has 5 nitrogen and oxygen atoms in total. The van der Waals surface area contributed by atoms with Gasteiger partial charge in [-0.3, -0.25) is 9.36 Å². The van der Waals surface area contributed by atoms with Gasteiger partial charge in [0.2, 0.25) is 5.91 Å². The number of carbonyl (C=O) groups is 1. The summed E-state index contributed by atoms with van der Waals surface area (Å²) in [5, 5.41) is 9.23. The second kappa shape index (κ2) is 7.37. The highest BCUT2D eigenvalue weighted by molar-refractivity contribution is 8.00. The number of halogens is 1. The van der Waals surface area contributed by atoms with E-state index >= 15 is 0 Å². The van der Waals surface area contributed by atoms with Crippen LogP contribution in [0, 0.1) is 0 Å². The van der Waals surface area contributed by atoms with Gasteiger partial charge in [0.15, 0.2) is 5.16 Å². The molecule has 0 fully saturated rings. The summed E-state index contributed by atoms with van der Waals surface area (Å²) < 4.78 is 1.85. The van der Waals surface area contributed by atoms with Crippen LogP contribution in [-0.2, 0) is 11.2 Å². The van der Waals surface area contributed by atoms with Gasteiger partial charge in [0.25, 0.3) is 0 Å². The van der Waals surface area contributed by atoms with Crippen LogP contribution in [0.15, 0.2) is 60.0 Å². The Labute approximate surface area is 167 Å². The van der Waals surface area contributed by atoms with Crippen molar-refractivity contribution in [3.8, 4) is 5.69 Å². The number of aromatic nitrogens is 3. The molecule has 0 saturated carbocycles. The van der Waals surface area contributed by atoms with Gasteiger partial charge >= 0.3 is 0 Å². The Morgan fingerprint density at radius 1 is 1.26 bits per heavy atom. The van der Waals surface area contributed by atoms with Crippen molar-refractivity contribution in [2.45, 2.75) is 36.7 Å². The van der Waals surface area contributed by atoms with Crippen molar-refractivity contribution in [3.05, 3.63) is 65.4 Å². The summed E-state index contributed by atoms with van der Waals surface area (Å²) in [6, 6.07) is 15.7. The molecule has 0 N–H and O–H groups in total. The molecule has 0 spiro atoms. The number of fused-ring (bicyclic) bond motifs is 1. The second-order valence-electron chi connectivity index (χ2n) is 6.61. The maximum atomic E-state index is 13.2. The number of nitrogens with zero attached hydrogens (tertiary/aromatic N) is 4. The molecule has 3 aromatic rings. The fraction of sp³-hybridized carbons (Fsp3) is 0.250. The van der Waals surface area contributed by atoms with E-state index in [0.717, 1.165) is 17.8 Å². The summed E-state index contributed by atoms with van der Waals surface area (Å²) in [7, 11) is 0. The highest BCUT2D eigenvalue weighted by atomic mass is 35.5. The number of amides is 1. The molecule has 0 saturated heterocycles. The van der Waals surface area contributed by atoms with E-state index in [0.29, 0.717) is 10.2 Å². The van der Waals surface area contributed by atoms with Crippen LogP contribution in [-0.4, -0.2) is 32.0 Å². The topological polar surface area (TPSA) is 51.0 Å². The lowest BCUT2D eigenvalue weighted by Crippen LogP contribution is -2.40. The van der Waals surface area contributed by atoms with Crippen LogP contribution < -0.4 is 4.90 Å². The minimum Gasteiger partial charge on any atom is -0.308 e. The predicted molar refractivity (Wildman–Crippen MR) is 109 cm³/mol. The summed E-state index contributed by atoms with van der Waals surface area (Å²) >= 11 is 7.50. The molecule has 1 amide bonds. The fourth-order valence-electron chi connectivity index (χ4n) is 3.41. The van der Waals surface area contributed by atoms with Crippen LogP contribution in [0.5, 0.6) is 0 Å². The van der Waals surface area contributed by atoms with Crippen molar-refractivity contribution in [1.29, 1.82) is 0 Å². The predicted octanol–water partition coefficient (Wildman–Crippen LogP) is 4.38. The number of hydrogen-bond donors (Lipinski definition) is 0. The number of carbonyl (C=O) groups excluding carboxylic acids is 1. The number of thioether (sulfide) groups is 1. The zero-order valence-electron chi connectivity index (χ0n) is 15.0. The monoisotopic (exact) mass is 398 g/mol. The molecule has 1 aromatic heterocycles. The van der Waals surface area contributed by atoms with Gasteiger partial charge in [-0.2, -0.15) is 0 Å². The number of rotatable bonds is 4. The zero-order valence-corrected chi connectivity index (χ0v) is 16.6. The van der Waals surface area contributed by atoms with E-state index in [4.69, 9.17) is 11.6 Å². The number of anilines is 1. The Morgan fingerprint density at radius 3 is 2.89 bits per heavy atom. The van der Waals surface area contributed by atoms with Crippen molar-refractivity contribution in [2.24, 2.45) is 0 Å². The molecule has 27 heavy (non-hydrogen) atoms. The van der Waals surface area contributed by atoms with Gasteiger partial charge in [0, 0.05) is 16.8 Å². The van der Waals surface area contributed by atoms with E-state index in [-0.39, 0.29) is 17.2 Å². The van der Waals surface area contributed by atoms with Crippen LogP contribution in [0.3, 0.4) is 0 Å². The van der Waals surface area contributed by atoms with Crippen molar-refractivity contribution in [2.75, 3.05) is 4.90 Å². The second-order valence-corrected chi connectivity index (χ2v) is 8.36. The van der Waals surface area contributed by atoms with E-state index < -0.39 is 0 Å². The first-order chi connectivity index (χ1) is 13.0. The first-order valence-corrected chi connectivity index (χ1v) is 10.0. The quantitative estimate of drug-likeness (QED) is 0.612. The molecule has 0 bridgehead atoms. The first kappa shape index (κ1) is 18.1. The van der Waals surface area contributed by atoms with Gasteiger partial charge in [-0.05, 0) is 50.1 Å². The molecule has 2 aromatic carbocycles. The van der Waals surface area contributed by atoms with Crippen molar-refractivity contribution >= 4 is 35.0 Å². The number of hydrogen-bond acceptors (Lipinski definition) is 4. The summed E-state index contributed by atoms with van der Waals surface area (Å²) in [5.74, 6) is 0.0816. The summed E-state index contributed by atoms with van der Waals surface area (Å²) in [5.41, 5.74) is 3.10. The average molecular weight is 399 g/mol. The summed E-state index contributed by atoms with van der Waals surface area (Å²) in [4.78, 5) is 15.1. The van der Waals surface area contributed by atoms with Crippen LogP contribution in [0.2, 0.25) is 5.02 Å². The lowest BCUT2D eigenvalue weighted by molar-refractivity contribution is -0.118. The maximum absolute atomic E-state index is 13.2. The molecular weight excluding hydrogens is 380 g/mol. The Bertz CT molecular complexity index is 989. The molecule has 0 radical (unpaired) electrons. The first-order valence-electron chi connectivity index (χ1n) is 8.78. The average Bonchev–Trinajstić information content (AvgIpc) is 3.24. The van der Waals surface area contributed by atoms with E-state index in [1.165, 1.54) is 17.3 Å². The van der Waals surface area contributed by atoms with Gasteiger partial charge in [-0.25, -0.2) is 0 Å². The van der Waals surface area contributed by atoms with E-state index in [1.54, 1.807) is 6.33 Å². The number of benzene rings is 2. The molecule has 1 aliphatic heterocycles. The minimum absolute atomic E-state index is 0.0816. The number of para-hydroxylation sites is 1. The lowest BCUT2D eigenvalue weighted by atomic mass is 10.1. The largest absolute Gasteiger partial charge is 0.308 e. The normalized spacial score (nSPS) is 17.0. The van der Waals surface area contributed by atoms with Gasteiger partial charge in [-0.15, -0.1) is 10.2 Å². The van der Waals surface area contributed by atoms with Crippen LogP contribution in [0.4, 0.5) is 5.69 Å². The van der Waals surface area contributed by atoms with Crippen molar-refractivity contribution < 1.29 is 4.79 Å². The lowest BCUT2D eigenvalue weighted by Gasteiger charge is -2.25. The molecule has 4 rings (SSSR count). The molecule has 1 aliphatic rings. The highest BCUT2D eigenvalue weighted by Crippen LogP contribution is 2.34. The third-order valence-corrected chi connectivity index (χ3v) is 5.96. The van der Waals surface area contributed by atoms with Crippen LogP contribution >= 0.6 is 23.4 Å². The molecular formula is C20H19ClN4OS. The Balaban J connectivity index is 1.56. The minimum atomic E-state index is -0.291. The van der Waals surface area contributed by atoms with Crippen molar-refractivity contribution in [3.63, 3.8) is 0 Å². The standard InChI is InChI=1S/C20H19ClN4OS/c1-13-10-15-6-3-4-9-18(15)25(13)19(26)14(2)27-20-23-22-12-24(20)17-8-5-7-16(21)11-17/h3-9,11-14H,10H2,1-2H3. The van der Waals surface area contributed by atoms with Crippen molar-refractivity contribution in [1.82, 2.24) is 14.8 Å². The van der Waals surface area contributed by atoms with Gasteiger partial charge < -0.3 is 4.90 Å². The van der Waals surface area contributed by atoms with Crippen LogP contribution in [0.25, 0.3) is 5.69 Å². The van der Waals surface area contributed by atoms with Gasteiger partial charge in [-0.1, -0.05) is 47.6 Å². The zero-order chi connectivity index (χ0) is 19.0. The molecule has 2 heterocycles. The summed E-state index contributed by atoms with van der Waals surface area (Å²) in [6.45, 7) is 4.00. The molecule has 7 heteroatoms. The third-order valence-electron chi connectivity index (χ3n) is 4.68. The SMILES string of the molecule is CC(Sc1nncn1-c1cccc(Cl)c1)C(=O)N1c2ccccc2CC1C. The molecule has 0 aliphatic carbocycles. The fourth-order valence-corrected chi connectivity index (χ4v) is 4.49. The Morgan fingerprint density at radius 2 is 2.07 bits per heavy atom. The van der Waals surface area contributed by atoms with E-state index in [9.17, 15) is 4.79 Å². The van der Waals surface area contributed by atoms with E-state index in [2.05, 4.69) is 23.2 Å². The van der Waals surface area contributed by atoms with E-state index in [1.807, 2.05) is 58.9 Å². The highest BCUT2D eigenvalue weighted by Gasteiger charge is 2.33. The molecule has 2 unspecified atom stereocenters. The Hall–Kier alpha value is -2.31. The third kappa shape index (κ3) is 3.47. The molecule has 138 valence electrons. The summed E-state index contributed by atoms with van der Waals surface area (Å²) in [6.07, 6.45) is 2.52. The van der Waals surface area contributed by atoms with Crippen LogP contribution in [0.1, 0.15) is 19.4 Å². The van der Waals surface area contributed by atoms with Gasteiger partial charge in [0.1, 0.15) is 6.33 Å².